The molecule has 2 aromatic rings. The van der Waals surface area contributed by atoms with Gasteiger partial charge in [-0.25, -0.2) is 4.98 Å². The second-order valence-electron chi connectivity index (χ2n) is 4.57. The Morgan fingerprint density at radius 2 is 2.11 bits per heavy atom. The third-order valence-corrected chi connectivity index (χ3v) is 3.92. The fourth-order valence-electron chi connectivity index (χ4n) is 1.90. The highest BCUT2D eigenvalue weighted by Crippen LogP contribution is 2.24. The molecule has 1 unspecified atom stereocenters. The summed E-state index contributed by atoms with van der Waals surface area (Å²) in [5.74, 6) is 0. The lowest BCUT2D eigenvalue weighted by Gasteiger charge is -2.09. The number of rotatable bonds is 7. The second kappa shape index (κ2) is 7.38. The zero-order valence-electron chi connectivity index (χ0n) is 11.2. The summed E-state index contributed by atoms with van der Waals surface area (Å²) >= 11 is 1.70. The van der Waals surface area contributed by atoms with Crippen molar-refractivity contribution in [2.45, 2.75) is 32.4 Å². The molecule has 0 aliphatic rings. The van der Waals surface area contributed by atoms with Gasteiger partial charge >= 0.3 is 0 Å². The summed E-state index contributed by atoms with van der Waals surface area (Å²) in [7, 11) is 0. The molecule has 0 bridgehead atoms. The van der Waals surface area contributed by atoms with E-state index in [0.717, 1.165) is 30.0 Å². The molecule has 19 heavy (non-hydrogen) atoms. The standard InChI is InChI=1S/C15H20N2OS/c1-2-6-13(18)9-16-10-14-11-17-15(19-14)12-7-4-3-5-8-12/h3-5,7-8,11,13,16,18H,2,6,9-10H2,1H3. The fraction of sp³-hybridized carbons (Fsp3) is 0.400. The SMILES string of the molecule is CCCC(O)CNCc1cnc(-c2ccccc2)s1. The molecule has 1 heterocycles. The van der Waals surface area contributed by atoms with E-state index in [1.807, 2.05) is 24.4 Å². The van der Waals surface area contributed by atoms with Crippen LogP contribution in [-0.4, -0.2) is 22.7 Å². The van der Waals surface area contributed by atoms with E-state index < -0.39 is 0 Å². The molecule has 0 saturated heterocycles. The topological polar surface area (TPSA) is 45.1 Å². The Hall–Kier alpha value is -1.23. The lowest BCUT2D eigenvalue weighted by Crippen LogP contribution is -2.25. The van der Waals surface area contributed by atoms with Gasteiger partial charge in [-0.05, 0) is 6.42 Å². The number of nitrogens with zero attached hydrogens (tertiary/aromatic N) is 1. The Kier molecular flexibility index (Phi) is 5.51. The fourth-order valence-corrected chi connectivity index (χ4v) is 2.79. The average Bonchev–Trinajstić information content (AvgIpc) is 2.89. The number of hydrogen-bond acceptors (Lipinski definition) is 4. The van der Waals surface area contributed by atoms with Crippen molar-refractivity contribution in [3.63, 3.8) is 0 Å². The maximum Gasteiger partial charge on any atom is 0.123 e. The van der Waals surface area contributed by atoms with Gasteiger partial charge in [-0.1, -0.05) is 43.7 Å². The van der Waals surface area contributed by atoms with Gasteiger partial charge in [0.25, 0.3) is 0 Å². The van der Waals surface area contributed by atoms with Crippen molar-refractivity contribution in [3.8, 4) is 10.6 Å². The zero-order chi connectivity index (χ0) is 13.5. The summed E-state index contributed by atoms with van der Waals surface area (Å²) in [5, 5.41) is 14.0. The third-order valence-electron chi connectivity index (χ3n) is 2.88. The Morgan fingerprint density at radius 3 is 2.84 bits per heavy atom. The normalized spacial score (nSPS) is 12.5. The van der Waals surface area contributed by atoms with Gasteiger partial charge in [0.05, 0.1) is 6.10 Å². The van der Waals surface area contributed by atoms with Crippen molar-refractivity contribution in [1.29, 1.82) is 0 Å². The lowest BCUT2D eigenvalue weighted by atomic mass is 10.2. The van der Waals surface area contributed by atoms with Gasteiger partial charge in [0.1, 0.15) is 5.01 Å². The van der Waals surface area contributed by atoms with Crippen molar-refractivity contribution in [2.75, 3.05) is 6.54 Å². The van der Waals surface area contributed by atoms with Crippen LogP contribution in [0.25, 0.3) is 10.6 Å². The summed E-state index contributed by atoms with van der Waals surface area (Å²) in [4.78, 5) is 5.63. The van der Waals surface area contributed by atoms with Gasteiger partial charge in [-0.3, -0.25) is 0 Å². The summed E-state index contributed by atoms with van der Waals surface area (Å²) < 4.78 is 0. The number of aliphatic hydroxyl groups is 1. The Morgan fingerprint density at radius 1 is 1.32 bits per heavy atom. The monoisotopic (exact) mass is 276 g/mol. The van der Waals surface area contributed by atoms with E-state index >= 15 is 0 Å². The van der Waals surface area contributed by atoms with Crippen LogP contribution in [0.5, 0.6) is 0 Å². The molecule has 0 aliphatic carbocycles. The lowest BCUT2D eigenvalue weighted by molar-refractivity contribution is 0.160. The van der Waals surface area contributed by atoms with Crippen LogP contribution in [0.1, 0.15) is 24.6 Å². The van der Waals surface area contributed by atoms with E-state index in [0.29, 0.717) is 6.54 Å². The van der Waals surface area contributed by atoms with Crippen molar-refractivity contribution in [2.24, 2.45) is 0 Å². The molecule has 0 amide bonds. The van der Waals surface area contributed by atoms with Crippen LogP contribution in [0.2, 0.25) is 0 Å². The van der Waals surface area contributed by atoms with Crippen LogP contribution < -0.4 is 5.32 Å². The van der Waals surface area contributed by atoms with Crippen molar-refractivity contribution >= 4 is 11.3 Å². The molecule has 1 atom stereocenters. The van der Waals surface area contributed by atoms with Crippen LogP contribution in [0.3, 0.4) is 0 Å². The van der Waals surface area contributed by atoms with Gasteiger partial charge in [0.15, 0.2) is 0 Å². The highest BCUT2D eigenvalue weighted by molar-refractivity contribution is 7.15. The van der Waals surface area contributed by atoms with E-state index in [9.17, 15) is 5.11 Å². The maximum absolute atomic E-state index is 9.64. The summed E-state index contributed by atoms with van der Waals surface area (Å²) in [6.45, 7) is 3.50. The van der Waals surface area contributed by atoms with E-state index in [1.165, 1.54) is 4.88 Å². The first-order chi connectivity index (χ1) is 9.29. The van der Waals surface area contributed by atoms with Gasteiger partial charge in [-0.15, -0.1) is 11.3 Å². The van der Waals surface area contributed by atoms with E-state index in [2.05, 4.69) is 29.4 Å². The van der Waals surface area contributed by atoms with E-state index in [-0.39, 0.29) is 6.10 Å². The number of thiazole rings is 1. The van der Waals surface area contributed by atoms with Gasteiger partial charge in [-0.2, -0.15) is 0 Å². The number of aliphatic hydroxyl groups excluding tert-OH is 1. The minimum Gasteiger partial charge on any atom is -0.392 e. The van der Waals surface area contributed by atoms with Gasteiger partial charge in [0.2, 0.25) is 0 Å². The molecule has 3 nitrogen and oxygen atoms in total. The van der Waals surface area contributed by atoms with Crippen LogP contribution in [-0.2, 0) is 6.54 Å². The highest BCUT2D eigenvalue weighted by atomic mass is 32.1. The molecule has 2 rings (SSSR count). The molecule has 0 aliphatic heterocycles. The van der Waals surface area contributed by atoms with Crippen LogP contribution >= 0.6 is 11.3 Å². The molecule has 2 N–H and O–H groups in total. The third kappa shape index (κ3) is 4.42. The minimum absolute atomic E-state index is 0.244. The molecular formula is C15H20N2OS. The smallest absolute Gasteiger partial charge is 0.123 e. The summed E-state index contributed by atoms with van der Waals surface area (Å²) in [6, 6.07) is 10.2. The van der Waals surface area contributed by atoms with Gasteiger partial charge in [0, 0.05) is 29.7 Å². The van der Waals surface area contributed by atoms with Crippen molar-refractivity contribution < 1.29 is 5.11 Å². The van der Waals surface area contributed by atoms with Crippen LogP contribution in [0.15, 0.2) is 36.5 Å². The minimum atomic E-state index is -0.244. The van der Waals surface area contributed by atoms with E-state index in [1.54, 1.807) is 11.3 Å². The molecule has 0 saturated carbocycles. The predicted octanol–water partition coefficient (Wildman–Crippen LogP) is 3.06. The first kappa shape index (κ1) is 14.2. The number of hydrogen-bond donors (Lipinski definition) is 2. The Balaban J connectivity index is 1.85. The number of benzene rings is 1. The Bertz CT molecular complexity index is 484. The van der Waals surface area contributed by atoms with Crippen molar-refractivity contribution in [1.82, 2.24) is 10.3 Å². The molecule has 1 aromatic carbocycles. The highest BCUT2D eigenvalue weighted by Gasteiger charge is 2.05. The van der Waals surface area contributed by atoms with Crippen LogP contribution in [0, 0.1) is 0 Å². The molecule has 1 aromatic heterocycles. The molecular weight excluding hydrogens is 256 g/mol. The molecule has 0 spiro atoms. The molecule has 0 fully saturated rings. The summed E-state index contributed by atoms with van der Waals surface area (Å²) in [6.07, 6.45) is 3.53. The molecule has 4 heteroatoms. The molecule has 0 radical (unpaired) electrons. The van der Waals surface area contributed by atoms with Crippen LogP contribution in [0.4, 0.5) is 0 Å². The maximum atomic E-state index is 9.64. The largest absolute Gasteiger partial charge is 0.392 e. The average molecular weight is 276 g/mol. The first-order valence-corrected chi connectivity index (χ1v) is 7.50. The quantitative estimate of drug-likeness (QED) is 0.817. The second-order valence-corrected chi connectivity index (χ2v) is 5.69. The Labute approximate surface area is 118 Å². The number of nitrogens with one attached hydrogen (secondary N) is 1. The first-order valence-electron chi connectivity index (χ1n) is 6.68. The number of aromatic nitrogens is 1. The molecule has 102 valence electrons. The van der Waals surface area contributed by atoms with Crippen molar-refractivity contribution in [3.05, 3.63) is 41.4 Å². The summed E-state index contributed by atoms with van der Waals surface area (Å²) in [5.41, 5.74) is 1.16. The predicted molar refractivity (Wildman–Crippen MR) is 80.2 cm³/mol. The van der Waals surface area contributed by atoms with Gasteiger partial charge < -0.3 is 10.4 Å². The van der Waals surface area contributed by atoms with E-state index in [4.69, 9.17) is 0 Å². The zero-order valence-corrected chi connectivity index (χ0v) is 12.0.